The highest BCUT2D eigenvalue weighted by Crippen LogP contribution is 2.17. The zero-order valence-corrected chi connectivity index (χ0v) is 9.90. The number of aromatic nitrogens is 1. The van der Waals surface area contributed by atoms with Gasteiger partial charge in [-0.25, -0.2) is 0 Å². The minimum absolute atomic E-state index is 0.242. The van der Waals surface area contributed by atoms with Crippen molar-refractivity contribution in [2.75, 3.05) is 13.2 Å². The second-order valence-corrected chi connectivity index (χ2v) is 4.62. The molecule has 1 heterocycles. The highest BCUT2D eigenvalue weighted by Gasteiger charge is 2.18. The molecule has 1 unspecified atom stereocenters. The van der Waals surface area contributed by atoms with Gasteiger partial charge in [0.15, 0.2) is 0 Å². The second kappa shape index (κ2) is 4.87. The van der Waals surface area contributed by atoms with E-state index in [2.05, 4.69) is 16.4 Å². The molecule has 4 nitrogen and oxygen atoms in total. The lowest BCUT2D eigenvalue weighted by atomic mass is 10.1. The normalized spacial score (nSPS) is 15.0. The van der Waals surface area contributed by atoms with Crippen molar-refractivity contribution in [3.8, 4) is 0 Å². The zero-order chi connectivity index (χ0) is 12.3. The van der Waals surface area contributed by atoms with Gasteiger partial charge in [0.25, 0.3) is 0 Å². The fraction of sp³-hybridized carbons (Fsp3) is 0.385. The van der Waals surface area contributed by atoms with Crippen molar-refractivity contribution in [3.63, 3.8) is 0 Å². The molecule has 4 heteroatoms. The molecule has 0 radical (unpaired) electrons. The highest BCUT2D eigenvalue weighted by molar-refractivity contribution is 5.82. The third-order valence-electron chi connectivity index (χ3n) is 2.84. The quantitative estimate of drug-likeness (QED) is 0.624. The van der Waals surface area contributed by atoms with Gasteiger partial charge < -0.3 is 20.5 Å². The van der Waals surface area contributed by atoms with E-state index in [9.17, 15) is 5.11 Å². The minimum atomic E-state index is -1.06. The van der Waals surface area contributed by atoms with E-state index in [1.54, 1.807) is 6.92 Å². The van der Waals surface area contributed by atoms with Crippen molar-refractivity contribution in [2.24, 2.45) is 0 Å². The van der Waals surface area contributed by atoms with Crippen LogP contribution in [0.2, 0.25) is 0 Å². The van der Waals surface area contributed by atoms with Crippen LogP contribution in [-0.4, -0.2) is 33.9 Å². The van der Waals surface area contributed by atoms with Crippen molar-refractivity contribution in [2.45, 2.75) is 19.1 Å². The molecular formula is C13H18N2O2. The van der Waals surface area contributed by atoms with Crippen molar-refractivity contribution in [3.05, 3.63) is 36.0 Å². The van der Waals surface area contributed by atoms with E-state index in [4.69, 9.17) is 5.11 Å². The van der Waals surface area contributed by atoms with Crippen LogP contribution in [-0.2, 0) is 6.54 Å². The molecule has 0 saturated carbocycles. The predicted octanol–water partition coefficient (Wildman–Crippen LogP) is 1.00. The van der Waals surface area contributed by atoms with E-state index in [1.165, 1.54) is 5.39 Å². The van der Waals surface area contributed by atoms with E-state index >= 15 is 0 Å². The van der Waals surface area contributed by atoms with Crippen LogP contribution >= 0.6 is 0 Å². The molecular weight excluding hydrogens is 216 g/mol. The summed E-state index contributed by atoms with van der Waals surface area (Å²) < 4.78 is 0. The Morgan fingerprint density at radius 2 is 2.12 bits per heavy atom. The Balaban J connectivity index is 2.00. The number of aliphatic hydroxyl groups is 2. The SMILES string of the molecule is CC(O)(CO)CNCc1c[nH]c2ccccc12. The van der Waals surface area contributed by atoms with Gasteiger partial charge in [0.05, 0.1) is 12.2 Å². The average Bonchev–Trinajstić information content (AvgIpc) is 2.73. The Morgan fingerprint density at radius 1 is 1.35 bits per heavy atom. The van der Waals surface area contributed by atoms with Crippen LogP contribution in [0, 0.1) is 0 Å². The second-order valence-electron chi connectivity index (χ2n) is 4.62. The molecule has 17 heavy (non-hydrogen) atoms. The molecule has 0 saturated heterocycles. The first kappa shape index (κ1) is 12.1. The fourth-order valence-electron chi connectivity index (χ4n) is 1.80. The molecule has 0 amide bonds. The Labute approximate surface area is 100 Å². The molecule has 0 aliphatic rings. The molecule has 2 rings (SSSR count). The number of rotatable bonds is 5. The molecule has 0 aliphatic carbocycles. The third-order valence-corrected chi connectivity index (χ3v) is 2.84. The topological polar surface area (TPSA) is 68.3 Å². The molecule has 1 aromatic carbocycles. The molecule has 2 aromatic rings. The standard InChI is InChI=1S/C13H18N2O2/c1-13(17,9-16)8-14-6-10-7-15-12-5-3-2-4-11(10)12/h2-5,7,14-17H,6,8-9H2,1H3. The van der Waals surface area contributed by atoms with E-state index in [1.807, 2.05) is 24.4 Å². The van der Waals surface area contributed by atoms with Crippen LogP contribution in [0.4, 0.5) is 0 Å². The number of para-hydroxylation sites is 1. The summed E-state index contributed by atoms with van der Waals surface area (Å²) in [6.45, 7) is 2.40. The van der Waals surface area contributed by atoms with Crippen LogP contribution in [0.25, 0.3) is 10.9 Å². The first-order valence-electron chi connectivity index (χ1n) is 5.71. The molecule has 1 atom stereocenters. The number of H-pyrrole nitrogens is 1. The van der Waals surface area contributed by atoms with E-state index < -0.39 is 5.60 Å². The number of benzene rings is 1. The fourth-order valence-corrected chi connectivity index (χ4v) is 1.80. The smallest absolute Gasteiger partial charge is 0.0972 e. The number of aromatic amines is 1. The molecule has 0 bridgehead atoms. The lowest BCUT2D eigenvalue weighted by Gasteiger charge is -2.20. The van der Waals surface area contributed by atoms with Gasteiger partial charge in [0, 0.05) is 30.2 Å². The summed E-state index contributed by atoms with van der Waals surface area (Å²) in [5, 5.41) is 22.9. The average molecular weight is 234 g/mol. The van der Waals surface area contributed by atoms with Gasteiger partial charge in [-0.05, 0) is 18.6 Å². The minimum Gasteiger partial charge on any atom is -0.393 e. The summed E-state index contributed by atoms with van der Waals surface area (Å²) in [6.07, 6.45) is 1.96. The van der Waals surface area contributed by atoms with Gasteiger partial charge in [-0.15, -0.1) is 0 Å². The predicted molar refractivity (Wildman–Crippen MR) is 67.7 cm³/mol. The van der Waals surface area contributed by atoms with Gasteiger partial charge in [0.2, 0.25) is 0 Å². The summed E-state index contributed by atoms with van der Waals surface area (Å²) >= 11 is 0. The van der Waals surface area contributed by atoms with Crippen LogP contribution < -0.4 is 5.32 Å². The number of nitrogens with one attached hydrogen (secondary N) is 2. The Kier molecular flexibility index (Phi) is 3.47. The number of hydrogen-bond acceptors (Lipinski definition) is 3. The summed E-state index contributed by atoms with van der Waals surface area (Å²) in [4.78, 5) is 3.20. The Morgan fingerprint density at radius 3 is 2.88 bits per heavy atom. The Bertz CT molecular complexity index is 491. The summed E-state index contributed by atoms with van der Waals surface area (Å²) in [6, 6.07) is 8.09. The van der Waals surface area contributed by atoms with Gasteiger partial charge in [-0.2, -0.15) is 0 Å². The first-order chi connectivity index (χ1) is 8.12. The van der Waals surface area contributed by atoms with Gasteiger partial charge in [-0.1, -0.05) is 18.2 Å². The van der Waals surface area contributed by atoms with Gasteiger partial charge in [-0.3, -0.25) is 0 Å². The molecule has 92 valence electrons. The first-order valence-corrected chi connectivity index (χ1v) is 5.71. The molecule has 1 aromatic heterocycles. The van der Waals surface area contributed by atoms with Crippen molar-refractivity contribution >= 4 is 10.9 Å². The monoisotopic (exact) mass is 234 g/mol. The van der Waals surface area contributed by atoms with Crippen molar-refractivity contribution < 1.29 is 10.2 Å². The van der Waals surface area contributed by atoms with Gasteiger partial charge in [0.1, 0.15) is 0 Å². The molecule has 4 N–H and O–H groups in total. The van der Waals surface area contributed by atoms with Gasteiger partial charge >= 0.3 is 0 Å². The summed E-state index contributed by atoms with van der Waals surface area (Å²) in [7, 11) is 0. The summed E-state index contributed by atoms with van der Waals surface area (Å²) in [5.74, 6) is 0. The van der Waals surface area contributed by atoms with Crippen molar-refractivity contribution in [1.29, 1.82) is 0 Å². The molecule has 0 fully saturated rings. The maximum Gasteiger partial charge on any atom is 0.0972 e. The maximum absolute atomic E-state index is 9.64. The maximum atomic E-state index is 9.64. The van der Waals surface area contributed by atoms with E-state index in [0.717, 1.165) is 11.1 Å². The number of aliphatic hydroxyl groups excluding tert-OH is 1. The van der Waals surface area contributed by atoms with Crippen LogP contribution in [0.15, 0.2) is 30.5 Å². The largest absolute Gasteiger partial charge is 0.393 e. The lowest BCUT2D eigenvalue weighted by Crippen LogP contribution is -2.40. The van der Waals surface area contributed by atoms with Crippen LogP contribution in [0.1, 0.15) is 12.5 Å². The van der Waals surface area contributed by atoms with E-state index in [-0.39, 0.29) is 6.61 Å². The van der Waals surface area contributed by atoms with Crippen molar-refractivity contribution in [1.82, 2.24) is 10.3 Å². The molecule has 0 aliphatic heterocycles. The van der Waals surface area contributed by atoms with E-state index in [0.29, 0.717) is 13.1 Å². The molecule has 0 spiro atoms. The summed E-state index contributed by atoms with van der Waals surface area (Å²) in [5.41, 5.74) is 1.21. The third kappa shape index (κ3) is 2.85. The van der Waals surface area contributed by atoms with Crippen LogP contribution in [0.3, 0.4) is 0 Å². The zero-order valence-electron chi connectivity index (χ0n) is 9.90. The number of hydrogen-bond donors (Lipinski definition) is 4. The number of fused-ring (bicyclic) bond motifs is 1. The van der Waals surface area contributed by atoms with Crippen LogP contribution in [0.5, 0.6) is 0 Å². The Hall–Kier alpha value is -1.36. The lowest BCUT2D eigenvalue weighted by molar-refractivity contribution is 0.00255. The highest BCUT2D eigenvalue weighted by atomic mass is 16.3.